The van der Waals surface area contributed by atoms with Crippen molar-refractivity contribution >= 4 is 11.9 Å². The molecule has 0 aliphatic carbocycles. The fourth-order valence-electron chi connectivity index (χ4n) is 9.81. The quantitative estimate of drug-likeness (QED) is 0.0321. The van der Waals surface area contributed by atoms with Gasteiger partial charge in [0.25, 0.3) is 0 Å². The number of amides is 1. The molecule has 2 atom stereocenters. The number of rotatable bonds is 58. The standard InChI is InChI=1S/C62H121NO5/c1-3-5-7-9-11-13-15-17-19-21-22-23-24-25-26-27-28-30-31-33-35-38-42-46-50-54-60(65)59(58-64)63-61(66)55-51-47-43-39-37-41-45-49-53-57-68-62(67)56-52-48-44-40-36-34-32-29-20-18-16-14-12-10-8-6-4-2/h50,54,59-60,64-65H,3-49,51-53,55-58H2,1-2H3,(H,63,66)/b54-50+. The number of aliphatic hydroxyl groups is 2. The lowest BCUT2D eigenvalue weighted by atomic mass is 10.0. The summed E-state index contributed by atoms with van der Waals surface area (Å²) in [6.45, 7) is 4.88. The summed E-state index contributed by atoms with van der Waals surface area (Å²) in [6.07, 6.45) is 69.6. The summed E-state index contributed by atoms with van der Waals surface area (Å²) in [6, 6.07) is -0.648. The molecule has 68 heavy (non-hydrogen) atoms. The SMILES string of the molecule is CCCCCCCCCCCCCCCCCCCCCCCCC/C=C/C(O)C(CO)NC(=O)CCCCCCCCCCCOC(=O)CCCCCCCCCCCCCCCCCCC. The Labute approximate surface area is 425 Å². The van der Waals surface area contributed by atoms with Crippen LogP contribution in [0.15, 0.2) is 12.2 Å². The maximum atomic E-state index is 12.5. The van der Waals surface area contributed by atoms with E-state index in [0.717, 1.165) is 57.8 Å². The number of nitrogens with one attached hydrogen (secondary N) is 1. The molecule has 2 unspecified atom stereocenters. The van der Waals surface area contributed by atoms with Gasteiger partial charge in [-0.1, -0.05) is 315 Å². The van der Waals surface area contributed by atoms with Crippen LogP contribution in [0.25, 0.3) is 0 Å². The second-order valence-corrected chi connectivity index (χ2v) is 21.4. The van der Waals surface area contributed by atoms with E-state index in [4.69, 9.17) is 4.74 Å². The predicted molar refractivity (Wildman–Crippen MR) is 297 cm³/mol. The monoisotopic (exact) mass is 960 g/mol. The molecule has 0 saturated carbocycles. The molecule has 0 radical (unpaired) electrons. The summed E-state index contributed by atoms with van der Waals surface area (Å²) in [5.74, 6) is -0.112. The van der Waals surface area contributed by atoms with E-state index in [1.54, 1.807) is 6.08 Å². The molecular formula is C62H121NO5. The van der Waals surface area contributed by atoms with E-state index in [9.17, 15) is 19.8 Å². The van der Waals surface area contributed by atoms with Crippen molar-refractivity contribution in [3.63, 3.8) is 0 Å². The Hall–Kier alpha value is -1.40. The average molecular weight is 961 g/mol. The van der Waals surface area contributed by atoms with Crippen LogP contribution in [0.2, 0.25) is 0 Å². The topological polar surface area (TPSA) is 95.9 Å². The number of unbranched alkanes of at least 4 members (excludes halogenated alkanes) is 47. The van der Waals surface area contributed by atoms with Gasteiger partial charge in [0, 0.05) is 12.8 Å². The lowest BCUT2D eigenvalue weighted by Crippen LogP contribution is -2.45. The van der Waals surface area contributed by atoms with Crippen molar-refractivity contribution in [3.05, 3.63) is 12.2 Å². The summed E-state index contributed by atoms with van der Waals surface area (Å²) < 4.78 is 5.47. The molecule has 3 N–H and O–H groups in total. The van der Waals surface area contributed by atoms with E-state index >= 15 is 0 Å². The highest BCUT2D eigenvalue weighted by Gasteiger charge is 2.18. The summed E-state index contributed by atoms with van der Waals surface area (Å²) in [5.41, 5.74) is 0. The molecule has 1 amide bonds. The van der Waals surface area contributed by atoms with Crippen molar-refractivity contribution in [1.82, 2.24) is 5.32 Å². The highest BCUT2D eigenvalue weighted by Crippen LogP contribution is 2.18. The van der Waals surface area contributed by atoms with Crippen molar-refractivity contribution in [3.8, 4) is 0 Å². The van der Waals surface area contributed by atoms with Crippen molar-refractivity contribution in [2.75, 3.05) is 13.2 Å². The summed E-state index contributed by atoms with van der Waals surface area (Å²) in [5, 5.41) is 23.2. The number of esters is 1. The van der Waals surface area contributed by atoms with Crippen LogP contribution in [0.1, 0.15) is 348 Å². The van der Waals surface area contributed by atoms with Gasteiger partial charge in [-0.15, -0.1) is 0 Å². The summed E-state index contributed by atoms with van der Waals surface area (Å²) in [4.78, 5) is 24.6. The number of allylic oxidation sites excluding steroid dienone is 1. The van der Waals surface area contributed by atoms with Crippen molar-refractivity contribution < 1.29 is 24.5 Å². The minimum atomic E-state index is -0.862. The lowest BCUT2D eigenvalue weighted by molar-refractivity contribution is -0.143. The highest BCUT2D eigenvalue weighted by molar-refractivity contribution is 5.76. The van der Waals surface area contributed by atoms with Gasteiger partial charge in [0.2, 0.25) is 5.91 Å². The van der Waals surface area contributed by atoms with E-state index in [0.29, 0.717) is 19.4 Å². The Balaban J connectivity index is 3.48. The van der Waals surface area contributed by atoms with Crippen LogP contribution in [-0.2, 0) is 14.3 Å². The maximum absolute atomic E-state index is 12.5. The van der Waals surface area contributed by atoms with Gasteiger partial charge in [0.1, 0.15) is 0 Å². The van der Waals surface area contributed by atoms with Crippen LogP contribution < -0.4 is 5.32 Å². The maximum Gasteiger partial charge on any atom is 0.305 e. The number of hydrogen-bond donors (Lipinski definition) is 3. The molecule has 0 aliphatic heterocycles. The molecule has 6 nitrogen and oxygen atoms in total. The largest absolute Gasteiger partial charge is 0.466 e. The van der Waals surface area contributed by atoms with Crippen LogP contribution in [0.4, 0.5) is 0 Å². The predicted octanol–water partition coefficient (Wildman–Crippen LogP) is 19.2. The van der Waals surface area contributed by atoms with Gasteiger partial charge < -0.3 is 20.3 Å². The molecule has 6 heteroatoms. The van der Waals surface area contributed by atoms with E-state index in [1.165, 1.54) is 263 Å². The Morgan fingerprint density at radius 1 is 0.397 bits per heavy atom. The summed E-state index contributed by atoms with van der Waals surface area (Å²) in [7, 11) is 0. The minimum Gasteiger partial charge on any atom is -0.466 e. The average Bonchev–Trinajstić information content (AvgIpc) is 3.34. The van der Waals surface area contributed by atoms with E-state index < -0.39 is 12.1 Å². The number of hydrogen-bond acceptors (Lipinski definition) is 5. The highest BCUT2D eigenvalue weighted by atomic mass is 16.5. The first-order valence-corrected chi connectivity index (χ1v) is 31.0. The molecule has 0 spiro atoms. The van der Waals surface area contributed by atoms with Crippen LogP contribution >= 0.6 is 0 Å². The van der Waals surface area contributed by atoms with E-state index in [2.05, 4.69) is 19.2 Å². The smallest absolute Gasteiger partial charge is 0.305 e. The van der Waals surface area contributed by atoms with E-state index in [-0.39, 0.29) is 18.5 Å². The fourth-order valence-corrected chi connectivity index (χ4v) is 9.81. The molecular weight excluding hydrogens is 839 g/mol. The van der Waals surface area contributed by atoms with E-state index in [1.807, 2.05) is 6.08 Å². The molecule has 0 heterocycles. The lowest BCUT2D eigenvalue weighted by Gasteiger charge is -2.20. The zero-order valence-corrected chi connectivity index (χ0v) is 46.1. The molecule has 0 aliphatic rings. The number of aliphatic hydroxyl groups excluding tert-OH is 2. The van der Waals surface area contributed by atoms with Crippen molar-refractivity contribution in [1.29, 1.82) is 0 Å². The second kappa shape index (κ2) is 58.2. The third-order valence-corrected chi connectivity index (χ3v) is 14.6. The van der Waals surface area contributed by atoms with Gasteiger partial charge >= 0.3 is 5.97 Å². The number of carbonyl (C=O) groups is 2. The Morgan fingerprint density at radius 2 is 0.676 bits per heavy atom. The van der Waals surface area contributed by atoms with Gasteiger partial charge in [-0.05, 0) is 32.1 Å². The third kappa shape index (κ3) is 53.9. The van der Waals surface area contributed by atoms with Crippen molar-refractivity contribution in [2.45, 2.75) is 360 Å². The van der Waals surface area contributed by atoms with Crippen LogP contribution in [0, 0.1) is 0 Å². The first kappa shape index (κ1) is 66.6. The molecule has 0 bridgehead atoms. The Kier molecular flexibility index (Phi) is 57.0. The molecule has 0 aromatic rings. The van der Waals surface area contributed by atoms with Crippen molar-refractivity contribution in [2.24, 2.45) is 0 Å². The first-order valence-electron chi connectivity index (χ1n) is 31.0. The normalized spacial score (nSPS) is 12.6. The Bertz CT molecular complexity index is 1020. The molecule has 0 fully saturated rings. The van der Waals surface area contributed by atoms with Crippen LogP contribution in [0.3, 0.4) is 0 Å². The van der Waals surface area contributed by atoms with Gasteiger partial charge in [0.15, 0.2) is 0 Å². The molecule has 404 valence electrons. The molecule has 0 aromatic heterocycles. The minimum absolute atomic E-state index is 0.0219. The second-order valence-electron chi connectivity index (χ2n) is 21.4. The number of carbonyl (C=O) groups excluding carboxylic acids is 2. The fraction of sp³-hybridized carbons (Fsp3) is 0.935. The van der Waals surface area contributed by atoms with Gasteiger partial charge in [0.05, 0.1) is 25.4 Å². The molecule has 0 rings (SSSR count). The van der Waals surface area contributed by atoms with Gasteiger partial charge in [-0.3, -0.25) is 9.59 Å². The molecule has 0 saturated heterocycles. The van der Waals surface area contributed by atoms with Gasteiger partial charge in [-0.2, -0.15) is 0 Å². The van der Waals surface area contributed by atoms with Crippen LogP contribution in [-0.4, -0.2) is 47.4 Å². The third-order valence-electron chi connectivity index (χ3n) is 14.6. The molecule has 0 aromatic carbocycles. The van der Waals surface area contributed by atoms with Crippen LogP contribution in [0.5, 0.6) is 0 Å². The zero-order valence-electron chi connectivity index (χ0n) is 46.1. The Morgan fingerprint density at radius 3 is 1.00 bits per heavy atom. The number of ether oxygens (including phenoxy) is 1. The van der Waals surface area contributed by atoms with Gasteiger partial charge in [-0.25, -0.2) is 0 Å². The summed E-state index contributed by atoms with van der Waals surface area (Å²) >= 11 is 0. The zero-order chi connectivity index (χ0) is 49.3. The first-order chi connectivity index (χ1) is 33.5.